The van der Waals surface area contributed by atoms with E-state index < -0.39 is 11.7 Å². The van der Waals surface area contributed by atoms with Crippen molar-refractivity contribution in [3.8, 4) is 0 Å². The smallest absolute Gasteiger partial charge is 0.378 e. The summed E-state index contributed by atoms with van der Waals surface area (Å²) >= 11 is 3.06. The first-order valence-corrected chi connectivity index (χ1v) is 6.70. The van der Waals surface area contributed by atoms with E-state index in [0.717, 1.165) is 11.6 Å². The number of alkyl halides is 3. The molecule has 1 aromatic heterocycles. The molecule has 6 heteroatoms. The monoisotopic (exact) mass is 344 g/mol. The summed E-state index contributed by atoms with van der Waals surface area (Å²) in [6.07, 6.45) is -1.15. The number of anilines is 1. The molecule has 0 aliphatic rings. The highest BCUT2D eigenvalue weighted by Crippen LogP contribution is 2.37. The minimum atomic E-state index is -4.40. The van der Waals surface area contributed by atoms with Gasteiger partial charge in [-0.2, -0.15) is 13.2 Å². The maximum atomic E-state index is 13.0. The molecule has 1 N–H and O–H groups in total. The summed E-state index contributed by atoms with van der Waals surface area (Å²) in [7, 11) is 0. The van der Waals surface area contributed by atoms with Crippen LogP contribution in [0.25, 0.3) is 0 Å². The molecule has 2 rings (SSSR count). The largest absolute Gasteiger partial charge is 0.418 e. The molecule has 1 unspecified atom stereocenters. The summed E-state index contributed by atoms with van der Waals surface area (Å²) in [5.41, 5.74) is 0.184. The van der Waals surface area contributed by atoms with E-state index in [9.17, 15) is 13.2 Å². The van der Waals surface area contributed by atoms with E-state index in [1.165, 1.54) is 6.07 Å². The SMILES string of the molecule is CC(Nc1ccc(Br)cc1C(F)(F)F)c1cccnc1. The van der Waals surface area contributed by atoms with Crippen LogP contribution < -0.4 is 5.32 Å². The van der Waals surface area contributed by atoms with E-state index >= 15 is 0 Å². The van der Waals surface area contributed by atoms with E-state index in [0.29, 0.717) is 4.47 Å². The molecule has 0 saturated carbocycles. The standard InChI is InChI=1S/C14H12BrF3N2/c1-9(10-3-2-6-19-8-10)20-13-5-4-11(15)7-12(13)14(16,17)18/h2-9,20H,1H3. The quantitative estimate of drug-likeness (QED) is 0.843. The fourth-order valence-electron chi connectivity index (χ4n) is 1.83. The lowest BCUT2D eigenvalue weighted by Gasteiger charge is -2.19. The second kappa shape index (κ2) is 5.83. The van der Waals surface area contributed by atoms with Crippen molar-refractivity contribution in [2.24, 2.45) is 0 Å². The predicted octanol–water partition coefficient (Wildman–Crippen LogP) is 5.04. The Balaban J connectivity index is 2.30. The Hall–Kier alpha value is -1.56. The second-order valence-electron chi connectivity index (χ2n) is 4.34. The van der Waals surface area contributed by atoms with Gasteiger partial charge < -0.3 is 5.32 Å². The molecule has 0 aliphatic heterocycles. The maximum Gasteiger partial charge on any atom is 0.418 e. The van der Waals surface area contributed by atoms with Gasteiger partial charge in [0.25, 0.3) is 0 Å². The molecule has 0 saturated heterocycles. The summed E-state index contributed by atoms with van der Waals surface area (Å²) in [6.45, 7) is 1.79. The third kappa shape index (κ3) is 3.50. The Labute approximate surface area is 123 Å². The Kier molecular flexibility index (Phi) is 4.32. The van der Waals surface area contributed by atoms with Crippen molar-refractivity contribution in [2.75, 3.05) is 5.32 Å². The highest BCUT2D eigenvalue weighted by molar-refractivity contribution is 9.10. The molecule has 0 radical (unpaired) electrons. The molecule has 0 amide bonds. The van der Waals surface area contributed by atoms with Crippen LogP contribution in [0.2, 0.25) is 0 Å². The van der Waals surface area contributed by atoms with Gasteiger partial charge in [0.15, 0.2) is 0 Å². The number of pyridine rings is 1. The van der Waals surface area contributed by atoms with Crippen molar-refractivity contribution in [1.82, 2.24) is 4.98 Å². The minimum absolute atomic E-state index is 0.0528. The van der Waals surface area contributed by atoms with Gasteiger partial charge in [-0.1, -0.05) is 22.0 Å². The van der Waals surface area contributed by atoms with Crippen LogP contribution in [0.1, 0.15) is 24.1 Å². The zero-order valence-electron chi connectivity index (χ0n) is 10.6. The van der Waals surface area contributed by atoms with Crippen molar-refractivity contribution in [1.29, 1.82) is 0 Å². The average Bonchev–Trinajstić information content (AvgIpc) is 2.40. The molecule has 20 heavy (non-hydrogen) atoms. The Morgan fingerprint density at radius 2 is 2.00 bits per heavy atom. The number of nitrogens with one attached hydrogen (secondary N) is 1. The number of aromatic nitrogens is 1. The van der Waals surface area contributed by atoms with Crippen LogP contribution in [0.5, 0.6) is 0 Å². The molecular weight excluding hydrogens is 333 g/mol. The summed E-state index contributed by atoms with van der Waals surface area (Å²) < 4.78 is 39.4. The lowest BCUT2D eigenvalue weighted by Crippen LogP contribution is -2.13. The third-order valence-electron chi connectivity index (χ3n) is 2.84. The van der Waals surface area contributed by atoms with Crippen LogP contribution in [0.15, 0.2) is 47.2 Å². The summed E-state index contributed by atoms with van der Waals surface area (Å²) in [4.78, 5) is 3.96. The molecule has 106 valence electrons. The van der Waals surface area contributed by atoms with Crippen molar-refractivity contribution < 1.29 is 13.2 Å². The van der Waals surface area contributed by atoms with E-state index in [1.54, 1.807) is 31.5 Å². The van der Waals surface area contributed by atoms with E-state index in [-0.39, 0.29) is 11.7 Å². The zero-order chi connectivity index (χ0) is 14.8. The molecule has 1 aromatic carbocycles. The third-order valence-corrected chi connectivity index (χ3v) is 3.34. The lowest BCUT2D eigenvalue weighted by atomic mass is 10.1. The number of rotatable bonds is 3. The molecule has 2 nitrogen and oxygen atoms in total. The molecule has 2 aromatic rings. The number of halogens is 4. The second-order valence-corrected chi connectivity index (χ2v) is 5.26. The average molecular weight is 345 g/mol. The molecule has 1 atom stereocenters. The van der Waals surface area contributed by atoms with E-state index in [4.69, 9.17) is 0 Å². The number of hydrogen-bond donors (Lipinski definition) is 1. The van der Waals surface area contributed by atoms with Crippen LogP contribution in [-0.2, 0) is 6.18 Å². The van der Waals surface area contributed by atoms with Crippen molar-refractivity contribution in [3.05, 3.63) is 58.3 Å². The first-order valence-electron chi connectivity index (χ1n) is 5.91. The van der Waals surface area contributed by atoms with Crippen LogP contribution in [0.4, 0.5) is 18.9 Å². The summed E-state index contributed by atoms with van der Waals surface area (Å²) in [5.74, 6) is 0. The van der Waals surface area contributed by atoms with Gasteiger partial charge in [0, 0.05) is 22.6 Å². The zero-order valence-corrected chi connectivity index (χ0v) is 12.2. The first-order chi connectivity index (χ1) is 9.38. The van der Waals surface area contributed by atoms with Gasteiger partial charge in [-0.3, -0.25) is 4.98 Å². The number of hydrogen-bond acceptors (Lipinski definition) is 2. The highest BCUT2D eigenvalue weighted by atomic mass is 79.9. The minimum Gasteiger partial charge on any atom is -0.378 e. The molecular formula is C14H12BrF3N2. The summed E-state index contributed by atoms with van der Waals surface area (Å²) in [6, 6.07) is 7.35. The molecule has 0 fully saturated rings. The Morgan fingerprint density at radius 1 is 1.25 bits per heavy atom. The maximum absolute atomic E-state index is 13.0. The topological polar surface area (TPSA) is 24.9 Å². The van der Waals surface area contributed by atoms with E-state index in [2.05, 4.69) is 26.2 Å². The molecule has 0 spiro atoms. The first kappa shape index (κ1) is 14.8. The molecule has 0 bridgehead atoms. The fraction of sp³-hybridized carbons (Fsp3) is 0.214. The van der Waals surface area contributed by atoms with Gasteiger partial charge >= 0.3 is 6.18 Å². The van der Waals surface area contributed by atoms with Gasteiger partial charge in [-0.05, 0) is 36.8 Å². The van der Waals surface area contributed by atoms with Crippen LogP contribution in [-0.4, -0.2) is 4.98 Å². The van der Waals surface area contributed by atoms with Gasteiger partial charge in [0.2, 0.25) is 0 Å². The van der Waals surface area contributed by atoms with Crippen molar-refractivity contribution in [2.45, 2.75) is 19.1 Å². The predicted molar refractivity (Wildman–Crippen MR) is 75.4 cm³/mol. The highest BCUT2D eigenvalue weighted by Gasteiger charge is 2.34. The lowest BCUT2D eigenvalue weighted by molar-refractivity contribution is -0.137. The van der Waals surface area contributed by atoms with Crippen LogP contribution in [0.3, 0.4) is 0 Å². The molecule has 1 heterocycles. The summed E-state index contributed by atoms with van der Waals surface area (Å²) in [5, 5.41) is 2.88. The van der Waals surface area contributed by atoms with E-state index in [1.807, 2.05) is 6.07 Å². The van der Waals surface area contributed by atoms with Crippen molar-refractivity contribution in [3.63, 3.8) is 0 Å². The molecule has 0 aliphatic carbocycles. The Morgan fingerprint density at radius 3 is 2.60 bits per heavy atom. The van der Waals surface area contributed by atoms with Gasteiger partial charge in [0.1, 0.15) is 0 Å². The number of benzene rings is 1. The Bertz CT molecular complexity index is 585. The van der Waals surface area contributed by atoms with Crippen molar-refractivity contribution >= 4 is 21.6 Å². The normalized spacial score (nSPS) is 13.1. The van der Waals surface area contributed by atoms with Gasteiger partial charge in [-0.25, -0.2) is 0 Å². The van der Waals surface area contributed by atoms with Gasteiger partial charge in [0.05, 0.1) is 11.6 Å². The fourth-order valence-corrected chi connectivity index (χ4v) is 2.19. The number of nitrogens with zero attached hydrogens (tertiary/aromatic N) is 1. The van der Waals surface area contributed by atoms with Crippen LogP contribution >= 0.6 is 15.9 Å². The van der Waals surface area contributed by atoms with Crippen LogP contribution in [0, 0.1) is 0 Å². The van der Waals surface area contributed by atoms with Gasteiger partial charge in [-0.15, -0.1) is 0 Å².